The van der Waals surface area contributed by atoms with Gasteiger partial charge in [-0.3, -0.25) is 14.2 Å². The van der Waals surface area contributed by atoms with Crippen LogP contribution in [0.3, 0.4) is 0 Å². The Hall–Kier alpha value is -2.49. The highest BCUT2D eigenvalue weighted by molar-refractivity contribution is 9.10. The van der Waals surface area contributed by atoms with Gasteiger partial charge in [0.25, 0.3) is 5.56 Å². The maximum atomic E-state index is 12.4. The summed E-state index contributed by atoms with van der Waals surface area (Å²) in [6, 6.07) is 13.4. The van der Waals surface area contributed by atoms with Crippen molar-refractivity contribution in [1.82, 2.24) is 9.55 Å². The zero-order valence-electron chi connectivity index (χ0n) is 15.2. The molecule has 1 heterocycles. The van der Waals surface area contributed by atoms with E-state index < -0.39 is 5.56 Å². The molecule has 0 radical (unpaired) electrons. The number of rotatable bonds is 6. The summed E-state index contributed by atoms with van der Waals surface area (Å²) in [5.74, 6) is 0.654. The Morgan fingerprint density at radius 3 is 2.66 bits per heavy atom. The summed E-state index contributed by atoms with van der Waals surface area (Å²) in [5.41, 5.74) is 6.84. The van der Waals surface area contributed by atoms with Crippen LogP contribution >= 0.6 is 39.3 Å². The summed E-state index contributed by atoms with van der Waals surface area (Å²) >= 11 is 10.4. The summed E-state index contributed by atoms with van der Waals surface area (Å²) < 4.78 is 7.49. The molecule has 150 valence electrons. The second-order valence-corrected chi connectivity index (χ2v) is 8.03. The molecule has 3 aromatic rings. The Bertz CT molecular complexity index is 1110. The molecule has 29 heavy (non-hydrogen) atoms. The molecule has 2 aromatic carbocycles. The van der Waals surface area contributed by atoms with Crippen molar-refractivity contribution in [3.8, 4) is 11.4 Å². The van der Waals surface area contributed by atoms with Crippen LogP contribution in [-0.2, 0) is 4.79 Å². The molecule has 0 atom stereocenters. The van der Waals surface area contributed by atoms with Crippen LogP contribution in [0.5, 0.6) is 5.75 Å². The van der Waals surface area contributed by atoms with E-state index >= 15 is 0 Å². The highest BCUT2D eigenvalue weighted by Gasteiger charge is 2.13. The van der Waals surface area contributed by atoms with E-state index in [0.29, 0.717) is 27.3 Å². The average molecular weight is 496 g/mol. The van der Waals surface area contributed by atoms with Crippen LogP contribution < -0.4 is 21.3 Å². The second-order valence-electron chi connectivity index (χ2n) is 5.80. The molecule has 0 unspecified atom stereocenters. The number of thioether (sulfide) groups is 1. The summed E-state index contributed by atoms with van der Waals surface area (Å²) in [6.07, 6.45) is 0. The molecule has 3 rings (SSSR count). The van der Waals surface area contributed by atoms with Crippen LogP contribution in [0.1, 0.15) is 0 Å². The molecular formula is C19H16BrClN4O3S. The maximum absolute atomic E-state index is 12.4. The number of anilines is 2. The number of carbonyl (C=O) groups excluding carboxylic acids is 1. The van der Waals surface area contributed by atoms with E-state index in [1.54, 1.807) is 54.1 Å². The minimum absolute atomic E-state index is 0.0349. The van der Waals surface area contributed by atoms with Crippen molar-refractivity contribution in [3.63, 3.8) is 0 Å². The van der Waals surface area contributed by atoms with Gasteiger partial charge < -0.3 is 15.8 Å². The molecule has 0 saturated heterocycles. The number of benzene rings is 2. The normalized spacial score (nSPS) is 10.6. The number of carbonyl (C=O) groups is 1. The number of aromatic nitrogens is 2. The number of ether oxygens (including phenoxy) is 1. The first kappa shape index (κ1) is 21.2. The van der Waals surface area contributed by atoms with Crippen molar-refractivity contribution in [2.75, 3.05) is 23.9 Å². The topological polar surface area (TPSA) is 99.2 Å². The Morgan fingerprint density at radius 2 is 2.00 bits per heavy atom. The van der Waals surface area contributed by atoms with Crippen LogP contribution in [-0.4, -0.2) is 28.3 Å². The summed E-state index contributed by atoms with van der Waals surface area (Å²) in [7, 11) is 1.56. The van der Waals surface area contributed by atoms with Gasteiger partial charge in [0.2, 0.25) is 5.91 Å². The van der Waals surface area contributed by atoms with Gasteiger partial charge in [0, 0.05) is 22.5 Å². The first-order valence-electron chi connectivity index (χ1n) is 8.29. The third-order valence-corrected chi connectivity index (χ3v) is 5.59. The van der Waals surface area contributed by atoms with E-state index in [-0.39, 0.29) is 17.5 Å². The zero-order valence-corrected chi connectivity index (χ0v) is 18.3. The van der Waals surface area contributed by atoms with Crippen molar-refractivity contribution in [3.05, 3.63) is 68.4 Å². The van der Waals surface area contributed by atoms with Gasteiger partial charge in [-0.05, 0) is 58.4 Å². The van der Waals surface area contributed by atoms with Gasteiger partial charge in [0.15, 0.2) is 5.16 Å². The van der Waals surface area contributed by atoms with Gasteiger partial charge in [0.1, 0.15) is 11.6 Å². The number of hydrogen-bond donors (Lipinski definition) is 2. The molecule has 7 nitrogen and oxygen atoms in total. The first-order valence-corrected chi connectivity index (χ1v) is 10.4. The van der Waals surface area contributed by atoms with Crippen LogP contribution in [0.15, 0.2) is 63.0 Å². The first-order chi connectivity index (χ1) is 13.9. The number of amides is 1. The SMILES string of the molecule is COc1ccc(NC(=O)CSc2nc(=O)cc(N)n2-c2ccc(Cl)cc2)cc1Br. The van der Waals surface area contributed by atoms with Crippen molar-refractivity contribution in [1.29, 1.82) is 0 Å². The van der Waals surface area contributed by atoms with Gasteiger partial charge in [-0.25, -0.2) is 0 Å². The van der Waals surface area contributed by atoms with Crippen molar-refractivity contribution in [2.24, 2.45) is 0 Å². The molecule has 0 aliphatic heterocycles. The molecule has 0 bridgehead atoms. The van der Waals surface area contributed by atoms with Crippen LogP contribution in [0.2, 0.25) is 5.02 Å². The summed E-state index contributed by atoms with van der Waals surface area (Å²) in [4.78, 5) is 28.2. The number of halogens is 2. The molecule has 3 N–H and O–H groups in total. The molecule has 0 spiro atoms. The van der Waals surface area contributed by atoms with Crippen molar-refractivity contribution >= 4 is 56.7 Å². The fourth-order valence-corrected chi connectivity index (χ4v) is 3.99. The van der Waals surface area contributed by atoms with E-state index in [1.807, 2.05) is 0 Å². The highest BCUT2D eigenvalue weighted by Crippen LogP contribution is 2.28. The number of hydrogen-bond acceptors (Lipinski definition) is 6. The third-order valence-electron chi connectivity index (χ3n) is 3.78. The average Bonchev–Trinajstić information content (AvgIpc) is 2.67. The van der Waals surface area contributed by atoms with E-state index in [4.69, 9.17) is 22.1 Å². The Labute approximate surface area is 184 Å². The van der Waals surface area contributed by atoms with Gasteiger partial charge in [0.05, 0.1) is 17.3 Å². The van der Waals surface area contributed by atoms with E-state index in [1.165, 1.54) is 6.07 Å². The van der Waals surface area contributed by atoms with E-state index in [9.17, 15) is 9.59 Å². The Morgan fingerprint density at radius 1 is 1.28 bits per heavy atom. The van der Waals surface area contributed by atoms with Crippen LogP contribution in [0.4, 0.5) is 11.5 Å². The van der Waals surface area contributed by atoms with Gasteiger partial charge >= 0.3 is 0 Å². The monoisotopic (exact) mass is 494 g/mol. The standard InChI is InChI=1S/C19H16BrClN4O3S/c1-28-15-7-4-12(8-14(15)20)23-18(27)10-29-19-24-17(26)9-16(22)25(19)13-5-2-11(21)3-6-13/h2-9H,10,22H2,1H3,(H,23,27). The minimum Gasteiger partial charge on any atom is -0.496 e. The zero-order chi connectivity index (χ0) is 21.0. The molecule has 0 aliphatic rings. The molecule has 0 saturated carbocycles. The number of nitrogens with two attached hydrogens (primary N) is 1. The number of methoxy groups -OCH3 is 1. The highest BCUT2D eigenvalue weighted by atomic mass is 79.9. The van der Waals surface area contributed by atoms with E-state index in [0.717, 1.165) is 16.2 Å². The smallest absolute Gasteiger partial charge is 0.275 e. The van der Waals surface area contributed by atoms with Gasteiger partial charge in [-0.1, -0.05) is 23.4 Å². The number of nitrogens with one attached hydrogen (secondary N) is 1. The molecule has 10 heteroatoms. The van der Waals surface area contributed by atoms with Crippen molar-refractivity contribution < 1.29 is 9.53 Å². The number of nitrogen functional groups attached to an aromatic ring is 1. The Kier molecular flexibility index (Phi) is 6.83. The van der Waals surface area contributed by atoms with Gasteiger partial charge in [-0.15, -0.1) is 0 Å². The lowest BCUT2D eigenvalue weighted by Crippen LogP contribution is -2.19. The van der Waals surface area contributed by atoms with E-state index in [2.05, 4.69) is 26.2 Å². The summed E-state index contributed by atoms with van der Waals surface area (Å²) in [6.45, 7) is 0. The minimum atomic E-state index is -0.477. The molecule has 1 amide bonds. The lowest BCUT2D eigenvalue weighted by atomic mass is 10.3. The predicted molar refractivity (Wildman–Crippen MR) is 119 cm³/mol. The fraction of sp³-hybridized carbons (Fsp3) is 0.105. The lowest BCUT2D eigenvalue weighted by molar-refractivity contribution is -0.113. The van der Waals surface area contributed by atoms with Crippen LogP contribution in [0, 0.1) is 0 Å². The maximum Gasteiger partial charge on any atom is 0.275 e. The second kappa shape index (κ2) is 9.34. The Balaban J connectivity index is 1.78. The third kappa shape index (κ3) is 5.31. The lowest BCUT2D eigenvalue weighted by Gasteiger charge is -2.15. The fourth-order valence-electron chi connectivity index (χ4n) is 2.50. The molecule has 1 aromatic heterocycles. The molecular weight excluding hydrogens is 480 g/mol. The molecule has 0 fully saturated rings. The number of nitrogens with zero attached hydrogens (tertiary/aromatic N) is 2. The molecule has 0 aliphatic carbocycles. The quantitative estimate of drug-likeness (QED) is 0.396. The van der Waals surface area contributed by atoms with Gasteiger partial charge in [-0.2, -0.15) is 4.98 Å². The van der Waals surface area contributed by atoms with Crippen LogP contribution in [0.25, 0.3) is 5.69 Å². The van der Waals surface area contributed by atoms with Crippen molar-refractivity contribution in [2.45, 2.75) is 5.16 Å². The summed E-state index contributed by atoms with van der Waals surface area (Å²) in [5, 5.41) is 3.67. The largest absolute Gasteiger partial charge is 0.496 e. The predicted octanol–water partition coefficient (Wildman–Crippen LogP) is 3.97.